The van der Waals surface area contributed by atoms with Crippen molar-refractivity contribution in [2.24, 2.45) is 0 Å². The number of amides is 2. The smallest absolute Gasteiger partial charge is 0.325 e. The zero-order chi connectivity index (χ0) is 16.8. The molecule has 7 nitrogen and oxygen atoms in total. The quantitative estimate of drug-likeness (QED) is 0.657. The van der Waals surface area contributed by atoms with Crippen LogP contribution in [0.2, 0.25) is 0 Å². The third kappa shape index (κ3) is 4.98. The molecule has 0 spiro atoms. The highest BCUT2D eigenvalue weighted by molar-refractivity contribution is 5.94. The first kappa shape index (κ1) is 16.8. The fourth-order valence-electron chi connectivity index (χ4n) is 2.25. The Balaban J connectivity index is 1.73. The molecule has 2 rings (SSSR count). The van der Waals surface area contributed by atoms with Crippen molar-refractivity contribution in [2.75, 3.05) is 11.9 Å². The van der Waals surface area contributed by atoms with Crippen molar-refractivity contribution >= 4 is 23.5 Å². The molecule has 0 bridgehead atoms. The summed E-state index contributed by atoms with van der Waals surface area (Å²) in [5.41, 5.74) is 1.85. The van der Waals surface area contributed by atoms with E-state index in [1.807, 2.05) is 12.1 Å². The molecule has 0 aromatic heterocycles. The monoisotopic (exact) mass is 320 g/mol. The normalized spacial score (nSPS) is 14.4. The van der Waals surface area contributed by atoms with E-state index in [1.54, 1.807) is 6.07 Å². The van der Waals surface area contributed by atoms with Crippen LogP contribution in [0.1, 0.15) is 31.7 Å². The SMILES string of the molecule is CC(NC(=O)CCCOc1ccc2c(c1)CCC(=O)N2)C(=O)O. The fraction of sp³-hybridized carbons (Fsp3) is 0.438. The molecule has 0 fully saturated rings. The minimum Gasteiger partial charge on any atom is -0.494 e. The molecule has 1 aliphatic rings. The lowest BCUT2D eigenvalue weighted by Crippen LogP contribution is -2.38. The molecule has 1 aromatic rings. The summed E-state index contributed by atoms with van der Waals surface area (Å²) in [5, 5.41) is 13.9. The van der Waals surface area contributed by atoms with E-state index in [2.05, 4.69) is 10.6 Å². The zero-order valence-corrected chi connectivity index (χ0v) is 12.9. The predicted octanol–water partition coefficient (Wildman–Crippen LogP) is 1.32. The predicted molar refractivity (Wildman–Crippen MR) is 83.4 cm³/mol. The molecule has 1 unspecified atom stereocenters. The van der Waals surface area contributed by atoms with Gasteiger partial charge in [0.1, 0.15) is 11.8 Å². The topological polar surface area (TPSA) is 105 Å². The fourth-order valence-corrected chi connectivity index (χ4v) is 2.25. The van der Waals surface area contributed by atoms with Crippen LogP contribution in [0.5, 0.6) is 5.75 Å². The highest BCUT2D eigenvalue weighted by atomic mass is 16.5. The molecule has 1 aromatic carbocycles. The lowest BCUT2D eigenvalue weighted by molar-refractivity contribution is -0.141. The highest BCUT2D eigenvalue weighted by Gasteiger charge is 2.15. The second-order valence-electron chi connectivity index (χ2n) is 5.45. The van der Waals surface area contributed by atoms with Crippen LogP contribution in [0, 0.1) is 0 Å². The van der Waals surface area contributed by atoms with Gasteiger partial charge in [-0.1, -0.05) is 0 Å². The summed E-state index contributed by atoms with van der Waals surface area (Å²) in [6.45, 7) is 1.78. The first-order valence-corrected chi connectivity index (χ1v) is 7.53. The van der Waals surface area contributed by atoms with E-state index < -0.39 is 12.0 Å². The molecule has 1 heterocycles. The van der Waals surface area contributed by atoms with Crippen LogP contribution in [0.25, 0.3) is 0 Å². The van der Waals surface area contributed by atoms with E-state index in [4.69, 9.17) is 9.84 Å². The van der Waals surface area contributed by atoms with Gasteiger partial charge >= 0.3 is 5.97 Å². The van der Waals surface area contributed by atoms with Gasteiger partial charge in [0.2, 0.25) is 11.8 Å². The Morgan fingerprint density at radius 2 is 2.17 bits per heavy atom. The first-order chi connectivity index (χ1) is 11.0. The number of anilines is 1. The van der Waals surface area contributed by atoms with Gasteiger partial charge in [0.05, 0.1) is 6.61 Å². The molecule has 0 radical (unpaired) electrons. The Labute approximate surface area is 134 Å². The number of aliphatic carboxylic acids is 1. The van der Waals surface area contributed by atoms with Crippen molar-refractivity contribution in [1.29, 1.82) is 0 Å². The molecule has 7 heteroatoms. The Bertz CT molecular complexity index is 614. The Morgan fingerprint density at radius 1 is 1.39 bits per heavy atom. The van der Waals surface area contributed by atoms with Gasteiger partial charge in [-0.2, -0.15) is 0 Å². The molecule has 0 saturated carbocycles. The van der Waals surface area contributed by atoms with Crippen LogP contribution in [-0.4, -0.2) is 35.5 Å². The van der Waals surface area contributed by atoms with E-state index in [1.165, 1.54) is 6.92 Å². The summed E-state index contributed by atoms with van der Waals surface area (Å²) in [6.07, 6.45) is 1.86. The molecule has 2 amide bonds. The minimum atomic E-state index is -1.06. The van der Waals surface area contributed by atoms with Crippen molar-refractivity contribution in [1.82, 2.24) is 5.32 Å². The van der Waals surface area contributed by atoms with Gasteiger partial charge < -0.3 is 20.5 Å². The highest BCUT2D eigenvalue weighted by Crippen LogP contribution is 2.26. The van der Waals surface area contributed by atoms with Gasteiger partial charge in [0, 0.05) is 18.5 Å². The number of fused-ring (bicyclic) bond motifs is 1. The zero-order valence-electron chi connectivity index (χ0n) is 12.9. The van der Waals surface area contributed by atoms with E-state index in [0.717, 1.165) is 11.3 Å². The van der Waals surface area contributed by atoms with E-state index in [-0.39, 0.29) is 18.2 Å². The number of ether oxygens (including phenoxy) is 1. The Kier molecular flexibility index (Phi) is 5.56. The maximum absolute atomic E-state index is 11.5. The van der Waals surface area contributed by atoms with Crippen molar-refractivity contribution in [3.05, 3.63) is 23.8 Å². The number of carbonyl (C=O) groups is 3. The lowest BCUT2D eigenvalue weighted by Gasteiger charge is -2.17. The van der Waals surface area contributed by atoms with E-state index in [9.17, 15) is 14.4 Å². The number of carboxylic acids is 1. The van der Waals surface area contributed by atoms with Gasteiger partial charge in [-0.3, -0.25) is 14.4 Å². The van der Waals surface area contributed by atoms with Crippen LogP contribution >= 0.6 is 0 Å². The van der Waals surface area contributed by atoms with Crippen molar-refractivity contribution in [3.63, 3.8) is 0 Å². The summed E-state index contributed by atoms with van der Waals surface area (Å²) in [4.78, 5) is 33.4. The number of rotatable bonds is 7. The summed E-state index contributed by atoms with van der Waals surface area (Å²) in [7, 11) is 0. The Hall–Kier alpha value is -2.57. The molecule has 1 aliphatic heterocycles. The number of nitrogens with one attached hydrogen (secondary N) is 2. The number of hydrogen-bond acceptors (Lipinski definition) is 4. The van der Waals surface area contributed by atoms with Gasteiger partial charge in [-0.15, -0.1) is 0 Å². The van der Waals surface area contributed by atoms with Crippen LogP contribution in [0.4, 0.5) is 5.69 Å². The number of carboxylic acid groups (broad SMARTS) is 1. The summed E-state index contributed by atoms with van der Waals surface area (Å²) < 4.78 is 5.59. The van der Waals surface area contributed by atoms with Crippen molar-refractivity contribution in [3.8, 4) is 5.75 Å². The Morgan fingerprint density at radius 3 is 2.91 bits per heavy atom. The van der Waals surface area contributed by atoms with Crippen LogP contribution < -0.4 is 15.4 Å². The number of carbonyl (C=O) groups excluding carboxylic acids is 2. The second kappa shape index (κ2) is 7.62. The van der Waals surface area contributed by atoms with Crippen LogP contribution in [0.3, 0.4) is 0 Å². The van der Waals surface area contributed by atoms with Gasteiger partial charge in [0.15, 0.2) is 0 Å². The summed E-state index contributed by atoms with van der Waals surface area (Å²) in [6, 6.07) is 4.58. The largest absolute Gasteiger partial charge is 0.494 e. The summed E-state index contributed by atoms with van der Waals surface area (Å²) in [5.74, 6) is -0.653. The van der Waals surface area contributed by atoms with Crippen LogP contribution in [-0.2, 0) is 20.8 Å². The average Bonchev–Trinajstić information content (AvgIpc) is 2.51. The molecular weight excluding hydrogens is 300 g/mol. The van der Waals surface area contributed by atoms with E-state index >= 15 is 0 Å². The molecule has 3 N–H and O–H groups in total. The third-order valence-electron chi connectivity index (χ3n) is 3.54. The molecular formula is C16H20N2O5. The first-order valence-electron chi connectivity index (χ1n) is 7.53. The van der Waals surface area contributed by atoms with Gasteiger partial charge in [0.25, 0.3) is 0 Å². The standard InChI is InChI=1S/C16H20N2O5/c1-10(16(21)22)17-14(19)3-2-8-23-12-5-6-13-11(9-12)4-7-15(20)18-13/h5-6,9-10H,2-4,7-8H2,1H3,(H,17,19)(H,18,20)(H,21,22). The molecule has 1 atom stereocenters. The average molecular weight is 320 g/mol. The van der Waals surface area contributed by atoms with Crippen molar-refractivity contribution in [2.45, 2.75) is 38.6 Å². The van der Waals surface area contributed by atoms with E-state index in [0.29, 0.717) is 31.6 Å². The summed E-state index contributed by atoms with van der Waals surface area (Å²) >= 11 is 0. The number of aryl methyl sites for hydroxylation is 1. The number of benzene rings is 1. The third-order valence-corrected chi connectivity index (χ3v) is 3.54. The van der Waals surface area contributed by atoms with Crippen LogP contribution in [0.15, 0.2) is 18.2 Å². The maximum Gasteiger partial charge on any atom is 0.325 e. The maximum atomic E-state index is 11.5. The number of hydrogen-bond donors (Lipinski definition) is 3. The van der Waals surface area contributed by atoms with Gasteiger partial charge in [-0.25, -0.2) is 0 Å². The molecule has 0 saturated heterocycles. The second-order valence-corrected chi connectivity index (χ2v) is 5.45. The minimum absolute atomic E-state index is 0.0211. The molecule has 0 aliphatic carbocycles. The molecule has 23 heavy (non-hydrogen) atoms. The van der Waals surface area contributed by atoms with Gasteiger partial charge in [-0.05, 0) is 43.5 Å². The lowest BCUT2D eigenvalue weighted by atomic mass is 10.0. The van der Waals surface area contributed by atoms with Crippen molar-refractivity contribution < 1.29 is 24.2 Å². The molecule has 124 valence electrons.